The predicted molar refractivity (Wildman–Crippen MR) is 96.8 cm³/mol. The molecule has 0 aliphatic heterocycles. The Morgan fingerprint density at radius 1 is 0.917 bits per heavy atom. The molecular weight excluding hydrogens is 342 g/mol. The second-order valence-electron chi connectivity index (χ2n) is 5.65. The van der Waals surface area contributed by atoms with Gasteiger partial charge < -0.3 is 0 Å². The molecule has 5 nitrogen and oxygen atoms in total. The smallest absolute Gasteiger partial charge is 0.253 e. The maximum Gasteiger partial charge on any atom is 0.263 e. The topological polar surface area (TPSA) is 72.0 Å². The van der Waals surface area contributed by atoms with Crippen LogP contribution in [0.25, 0.3) is 10.6 Å². The maximum absolute atomic E-state index is 12.6. The van der Waals surface area contributed by atoms with Gasteiger partial charge in [0.05, 0.1) is 4.90 Å². The van der Waals surface area contributed by atoms with Crippen LogP contribution in [0.4, 0.5) is 5.13 Å². The molecule has 1 N–H and O–H groups in total. The molecule has 1 aromatic heterocycles. The zero-order valence-electron chi connectivity index (χ0n) is 13.6. The molecule has 0 fully saturated rings. The molecule has 2 aromatic carbocycles. The largest absolute Gasteiger partial charge is 0.263 e. The first-order valence-electron chi connectivity index (χ1n) is 7.36. The summed E-state index contributed by atoms with van der Waals surface area (Å²) in [7, 11) is -3.68. The first kappa shape index (κ1) is 16.6. The van der Waals surface area contributed by atoms with E-state index in [-0.39, 0.29) is 10.0 Å². The van der Waals surface area contributed by atoms with E-state index < -0.39 is 10.0 Å². The summed E-state index contributed by atoms with van der Waals surface area (Å²) in [5.74, 6) is 0. The summed E-state index contributed by atoms with van der Waals surface area (Å²) < 4.78 is 27.7. The number of nitrogens with one attached hydrogen (secondary N) is 1. The number of anilines is 1. The lowest BCUT2D eigenvalue weighted by molar-refractivity contribution is 0.600. The molecule has 0 unspecified atom stereocenters. The predicted octanol–water partition coefficient (Wildman–Crippen LogP) is 3.93. The van der Waals surface area contributed by atoms with Gasteiger partial charge in [0, 0.05) is 5.56 Å². The molecule has 0 atom stereocenters. The summed E-state index contributed by atoms with van der Waals surface area (Å²) in [4.78, 5) is 0.259. The second-order valence-corrected chi connectivity index (χ2v) is 8.28. The third kappa shape index (κ3) is 3.47. The van der Waals surface area contributed by atoms with E-state index >= 15 is 0 Å². The first-order chi connectivity index (χ1) is 11.3. The van der Waals surface area contributed by atoms with Crippen molar-refractivity contribution in [2.24, 2.45) is 0 Å². The Kier molecular flexibility index (Phi) is 4.38. The fourth-order valence-electron chi connectivity index (χ4n) is 2.24. The number of benzene rings is 2. The van der Waals surface area contributed by atoms with E-state index in [9.17, 15) is 8.42 Å². The molecule has 0 bridgehead atoms. The number of hydrogen-bond acceptors (Lipinski definition) is 5. The van der Waals surface area contributed by atoms with Crippen LogP contribution in [0.15, 0.2) is 47.4 Å². The van der Waals surface area contributed by atoms with E-state index in [2.05, 4.69) is 14.9 Å². The van der Waals surface area contributed by atoms with Gasteiger partial charge in [0.1, 0.15) is 5.01 Å². The van der Waals surface area contributed by atoms with Crippen LogP contribution in [-0.2, 0) is 10.0 Å². The highest BCUT2D eigenvalue weighted by Crippen LogP contribution is 2.28. The summed E-state index contributed by atoms with van der Waals surface area (Å²) in [5.41, 5.74) is 3.64. The molecule has 0 saturated heterocycles. The van der Waals surface area contributed by atoms with Crippen LogP contribution in [0, 0.1) is 20.8 Å². The van der Waals surface area contributed by atoms with E-state index in [4.69, 9.17) is 0 Å². The molecule has 124 valence electrons. The fraction of sp³-hybridized carbons (Fsp3) is 0.176. The van der Waals surface area contributed by atoms with E-state index in [1.165, 1.54) is 11.3 Å². The highest BCUT2D eigenvalue weighted by molar-refractivity contribution is 7.93. The standard InChI is InChI=1S/C17H17N3O2S2/c1-11-5-8-14(9-6-11)16-18-19-17(23-16)20-24(21,22)15-10-12(2)4-7-13(15)3/h4-10H,1-3H3,(H,19,20). The van der Waals surface area contributed by atoms with Crippen molar-refractivity contribution in [1.29, 1.82) is 0 Å². The lowest BCUT2D eigenvalue weighted by Crippen LogP contribution is -2.14. The zero-order chi connectivity index (χ0) is 17.3. The molecular formula is C17H17N3O2S2. The lowest BCUT2D eigenvalue weighted by Gasteiger charge is -2.08. The number of aryl methyl sites for hydroxylation is 3. The van der Waals surface area contributed by atoms with Crippen molar-refractivity contribution >= 4 is 26.5 Å². The molecule has 0 spiro atoms. The van der Waals surface area contributed by atoms with Gasteiger partial charge in [-0.05, 0) is 38.0 Å². The highest BCUT2D eigenvalue weighted by atomic mass is 32.2. The van der Waals surface area contributed by atoms with Gasteiger partial charge >= 0.3 is 0 Å². The number of aromatic nitrogens is 2. The zero-order valence-corrected chi connectivity index (χ0v) is 15.2. The van der Waals surface area contributed by atoms with Crippen molar-refractivity contribution in [3.63, 3.8) is 0 Å². The van der Waals surface area contributed by atoms with Crippen LogP contribution in [0.5, 0.6) is 0 Å². The molecule has 0 radical (unpaired) electrons. The third-order valence-corrected chi connectivity index (χ3v) is 6.08. The highest BCUT2D eigenvalue weighted by Gasteiger charge is 2.19. The quantitative estimate of drug-likeness (QED) is 0.766. The van der Waals surface area contributed by atoms with Crippen LogP contribution < -0.4 is 4.72 Å². The number of rotatable bonds is 4. The molecule has 0 saturated carbocycles. The van der Waals surface area contributed by atoms with Crippen LogP contribution in [-0.4, -0.2) is 18.6 Å². The lowest BCUT2D eigenvalue weighted by atomic mass is 10.2. The number of nitrogens with zero attached hydrogens (tertiary/aromatic N) is 2. The SMILES string of the molecule is Cc1ccc(-c2nnc(NS(=O)(=O)c3cc(C)ccc3C)s2)cc1. The van der Waals surface area contributed by atoms with Crippen molar-refractivity contribution in [3.8, 4) is 10.6 Å². The molecule has 3 rings (SSSR count). The Balaban J connectivity index is 1.88. The van der Waals surface area contributed by atoms with Crippen molar-refractivity contribution in [1.82, 2.24) is 10.2 Å². The number of hydrogen-bond donors (Lipinski definition) is 1. The van der Waals surface area contributed by atoms with Crippen molar-refractivity contribution < 1.29 is 8.42 Å². The van der Waals surface area contributed by atoms with Gasteiger partial charge in [0.2, 0.25) is 5.13 Å². The molecule has 7 heteroatoms. The average molecular weight is 359 g/mol. The van der Waals surface area contributed by atoms with Crippen molar-refractivity contribution in [2.75, 3.05) is 4.72 Å². The minimum Gasteiger partial charge on any atom is -0.253 e. The normalized spacial score (nSPS) is 11.5. The van der Waals surface area contributed by atoms with Gasteiger partial charge in [-0.1, -0.05) is 53.3 Å². The fourth-order valence-corrected chi connectivity index (χ4v) is 4.55. The Bertz CT molecular complexity index is 977. The summed E-state index contributed by atoms with van der Waals surface area (Å²) in [6.45, 7) is 5.64. The molecule has 3 aromatic rings. The van der Waals surface area contributed by atoms with Gasteiger partial charge in [-0.15, -0.1) is 10.2 Å². The minimum atomic E-state index is -3.68. The van der Waals surface area contributed by atoms with Gasteiger partial charge in [0.15, 0.2) is 0 Å². The Labute approximate surface area is 145 Å². The Morgan fingerprint density at radius 3 is 2.29 bits per heavy atom. The van der Waals surface area contributed by atoms with E-state index in [1.54, 1.807) is 19.1 Å². The molecule has 24 heavy (non-hydrogen) atoms. The average Bonchev–Trinajstić information content (AvgIpc) is 2.98. The van der Waals surface area contributed by atoms with Crippen molar-refractivity contribution in [3.05, 3.63) is 59.2 Å². The van der Waals surface area contributed by atoms with Crippen LogP contribution in [0.3, 0.4) is 0 Å². The van der Waals surface area contributed by atoms with Gasteiger partial charge in [-0.25, -0.2) is 8.42 Å². The van der Waals surface area contributed by atoms with Crippen LogP contribution in [0.1, 0.15) is 16.7 Å². The summed E-state index contributed by atoms with van der Waals surface area (Å²) in [6.07, 6.45) is 0. The van der Waals surface area contributed by atoms with Crippen LogP contribution in [0.2, 0.25) is 0 Å². The monoisotopic (exact) mass is 359 g/mol. The Morgan fingerprint density at radius 2 is 1.58 bits per heavy atom. The summed E-state index contributed by atoms with van der Waals surface area (Å²) in [6, 6.07) is 13.2. The van der Waals surface area contributed by atoms with Gasteiger partial charge in [-0.2, -0.15) is 0 Å². The molecule has 0 amide bonds. The molecule has 0 aliphatic carbocycles. The van der Waals surface area contributed by atoms with Crippen molar-refractivity contribution in [2.45, 2.75) is 25.7 Å². The van der Waals surface area contributed by atoms with E-state index in [1.807, 2.05) is 44.2 Å². The van der Waals surface area contributed by atoms with Gasteiger partial charge in [-0.3, -0.25) is 4.72 Å². The third-order valence-electron chi connectivity index (χ3n) is 3.58. The summed E-state index contributed by atoms with van der Waals surface area (Å²) in [5, 5.41) is 8.96. The number of sulfonamides is 1. The molecule has 1 heterocycles. The Hall–Kier alpha value is -2.25. The second kappa shape index (κ2) is 6.33. The maximum atomic E-state index is 12.6. The van der Waals surface area contributed by atoms with Crippen LogP contribution >= 0.6 is 11.3 Å². The van der Waals surface area contributed by atoms with Gasteiger partial charge in [0.25, 0.3) is 10.0 Å². The summed E-state index contributed by atoms with van der Waals surface area (Å²) >= 11 is 1.21. The molecule has 0 aliphatic rings. The van der Waals surface area contributed by atoms with E-state index in [0.717, 1.165) is 16.7 Å². The first-order valence-corrected chi connectivity index (χ1v) is 9.66. The van der Waals surface area contributed by atoms with E-state index in [0.29, 0.717) is 10.6 Å². The minimum absolute atomic E-state index is 0.256.